The second-order valence-corrected chi connectivity index (χ2v) is 9.79. The molecule has 4 rings (SSSR count). The van der Waals surface area contributed by atoms with Gasteiger partial charge in [-0.05, 0) is 31.0 Å². The number of aromatic nitrogens is 2. The number of rotatable bonds is 5. The molecule has 1 atom stereocenters. The minimum Gasteiger partial charge on any atom is -0.346 e. The Morgan fingerprint density at radius 3 is 2.60 bits per heavy atom. The van der Waals surface area contributed by atoms with Crippen molar-refractivity contribution < 1.29 is 17.6 Å². The highest BCUT2D eigenvalue weighted by molar-refractivity contribution is 7.91. The number of amides is 1. The molecule has 0 unspecified atom stereocenters. The van der Waals surface area contributed by atoms with E-state index in [1.165, 1.54) is 6.07 Å². The first-order valence-corrected chi connectivity index (χ1v) is 11.5. The molecule has 0 radical (unpaired) electrons. The maximum absolute atomic E-state index is 13.8. The molecule has 1 aromatic heterocycles. The molecule has 3 aromatic rings. The normalized spacial score (nSPS) is 17.7. The number of hydrogen-bond donors (Lipinski definition) is 1. The molecule has 2 heterocycles. The van der Waals surface area contributed by atoms with Gasteiger partial charge in [-0.2, -0.15) is 5.10 Å². The summed E-state index contributed by atoms with van der Waals surface area (Å²) in [5.41, 5.74) is 3.19. The third-order valence-electron chi connectivity index (χ3n) is 5.27. The van der Waals surface area contributed by atoms with Crippen LogP contribution in [0.4, 0.5) is 4.39 Å². The van der Waals surface area contributed by atoms with Gasteiger partial charge in [-0.3, -0.25) is 9.48 Å². The van der Waals surface area contributed by atoms with Gasteiger partial charge in [0.2, 0.25) is 0 Å². The maximum Gasteiger partial charge on any atom is 0.272 e. The van der Waals surface area contributed by atoms with Crippen molar-refractivity contribution in [3.8, 4) is 11.3 Å². The van der Waals surface area contributed by atoms with E-state index in [9.17, 15) is 17.6 Å². The number of sulfone groups is 1. The molecule has 30 heavy (non-hydrogen) atoms. The van der Waals surface area contributed by atoms with Crippen LogP contribution in [0.1, 0.15) is 34.1 Å². The number of carbonyl (C=O) groups is 1. The molecule has 0 spiro atoms. The molecular weight excluding hydrogens is 405 g/mol. The van der Waals surface area contributed by atoms with Crippen molar-refractivity contribution in [1.82, 2.24) is 15.1 Å². The third kappa shape index (κ3) is 4.28. The van der Waals surface area contributed by atoms with Crippen molar-refractivity contribution in [2.24, 2.45) is 0 Å². The van der Waals surface area contributed by atoms with E-state index in [0.29, 0.717) is 17.7 Å². The fraction of sp³-hybridized carbons (Fsp3) is 0.273. The highest BCUT2D eigenvalue weighted by Gasteiger charge is 2.32. The quantitative estimate of drug-likeness (QED) is 0.678. The average Bonchev–Trinajstić information content (AvgIpc) is 3.31. The molecule has 1 aliphatic rings. The number of nitrogens with one attached hydrogen (secondary N) is 1. The molecular formula is C22H22FN3O3S. The molecule has 6 nitrogen and oxygen atoms in total. The van der Waals surface area contributed by atoms with Crippen molar-refractivity contribution in [1.29, 1.82) is 0 Å². The summed E-state index contributed by atoms with van der Waals surface area (Å²) in [6, 6.07) is 15.3. The zero-order chi connectivity index (χ0) is 21.3. The highest BCUT2D eigenvalue weighted by atomic mass is 32.2. The summed E-state index contributed by atoms with van der Waals surface area (Å²) in [6.45, 7) is 2.02. The zero-order valence-electron chi connectivity index (χ0n) is 16.5. The van der Waals surface area contributed by atoms with Gasteiger partial charge in [0.25, 0.3) is 5.91 Å². The summed E-state index contributed by atoms with van der Waals surface area (Å²) < 4.78 is 39.4. The van der Waals surface area contributed by atoms with Crippen LogP contribution < -0.4 is 5.32 Å². The molecule has 1 N–H and O–H groups in total. The Bertz CT molecular complexity index is 1190. The average molecular weight is 428 g/mol. The molecule has 2 aromatic carbocycles. The minimum atomic E-state index is -3.11. The Hall–Kier alpha value is -3.00. The summed E-state index contributed by atoms with van der Waals surface area (Å²) in [5.74, 6) is -0.713. The van der Waals surface area contributed by atoms with Crippen LogP contribution in [0.3, 0.4) is 0 Å². The molecule has 0 saturated carbocycles. The number of halogens is 1. The van der Waals surface area contributed by atoms with Crippen molar-refractivity contribution >= 4 is 15.7 Å². The first kappa shape index (κ1) is 20.3. The number of nitrogens with zero attached hydrogens (tertiary/aromatic N) is 2. The van der Waals surface area contributed by atoms with E-state index >= 15 is 0 Å². The molecule has 1 aliphatic heterocycles. The second kappa shape index (κ2) is 8.02. The van der Waals surface area contributed by atoms with Gasteiger partial charge in [0, 0.05) is 12.1 Å². The summed E-state index contributed by atoms with van der Waals surface area (Å²) in [6.07, 6.45) is 0.458. The lowest BCUT2D eigenvalue weighted by molar-refractivity contribution is 0.0944. The van der Waals surface area contributed by atoms with Crippen LogP contribution in [0.15, 0.2) is 54.6 Å². The minimum absolute atomic E-state index is 0.00380. The predicted octanol–water partition coefficient (Wildman–Crippen LogP) is 3.29. The SMILES string of the molecule is Cc1ccc(-c2cc(C(=O)NCc3ccccc3F)nn2[C@@H]2CCS(=O)(=O)C2)cc1. The first-order valence-electron chi connectivity index (χ1n) is 9.71. The van der Waals surface area contributed by atoms with E-state index in [0.717, 1.165) is 11.1 Å². The van der Waals surface area contributed by atoms with Gasteiger partial charge in [-0.15, -0.1) is 0 Å². The van der Waals surface area contributed by atoms with Crippen LogP contribution in [-0.2, 0) is 16.4 Å². The van der Waals surface area contributed by atoms with E-state index in [1.54, 1.807) is 28.9 Å². The maximum atomic E-state index is 13.8. The van der Waals surface area contributed by atoms with Crippen LogP contribution in [0.2, 0.25) is 0 Å². The lowest BCUT2D eigenvalue weighted by Crippen LogP contribution is -2.24. The van der Waals surface area contributed by atoms with E-state index in [4.69, 9.17) is 0 Å². The number of hydrogen-bond acceptors (Lipinski definition) is 4. The highest BCUT2D eigenvalue weighted by Crippen LogP contribution is 2.30. The van der Waals surface area contributed by atoms with Gasteiger partial charge >= 0.3 is 0 Å². The van der Waals surface area contributed by atoms with Gasteiger partial charge in [0.15, 0.2) is 15.5 Å². The topological polar surface area (TPSA) is 81.1 Å². The summed E-state index contributed by atoms with van der Waals surface area (Å²) >= 11 is 0. The van der Waals surface area contributed by atoms with Crippen LogP contribution in [0.25, 0.3) is 11.3 Å². The van der Waals surface area contributed by atoms with Crippen LogP contribution >= 0.6 is 0 Å². The van der Waals surface area contributed by atoms with E-state index < -0.39 is 15.7 Å². The zero-order valence-corrected chi connectivity index (χ0v) is 17.3. The molecule has 1 saturated heterocycles. The molecule has 1 amide bonds. The summed E-state index contributed by atoms with van der Waals surface area (Å²) in [7, 11) is -3.11. The largest absolute Gasteiger partial charge is 0.346 e. The molecule has 1 fully saturated rings. The van der Waals surface area contributed by atoms with Crippen molar-refractivity contribution in [2.45, 2.75) is 25.9 Å². The molecule has 0 bridgehead atoms. The number of carbonyl (C=O) groups excluding carboxylic acids is 1. The fourth-order valence-electron chi connectivity index (χ4n) is 3.60. The van der Waals surface area contributed by atoms with Gasteiger partial charge in [-0.1, -0.05) is 48.0 Å². The Balaban J connectivity index is 1.63. The monoisotopic (exact) mass is 427 g/mol. The molecule has 0 aliphatic carbocycles. The Morgan fingerprint density at radius 2 is 1.93 bits per heavy atom. The Kier molecular flexibility index (Phi) is 5.42. The Labute approximate surface area is 174 Å². The number of benzene rings is 2. The van der Waals surface area contributed by atoms with Gasteiger partial charge in [0.1, 0.15) is 5.82 Å². The van der Waals surface area contributed by atoms with Crippen molar-refractivity contribution in [2.75, 3.05) is 11.5 Å². The third-order valence-corrected chi connectivity index (χ3v) is 7.02. The Morgan fingerprint density at radius 1 is 1.20 bits per heavy atom. The summed E-state index contributed by atoms with van der Waals surface area (Å²) in [5, 5.41) is 7.13. The van der Waals surface area contributed by atoms with E-state index in [-0.39, 0.29) is 35.6 Å². The summed E-state index contributed by atoms with van der Waals surface area (Å²) in [4.78, 5) is 12.7. The van der Waals surface area contributed by atoms with E-state index in [1.807, 2.05) is 31.2 Å². The number of aryl methyl sites for hydroxylation is 1. The smallest absolute Gasteiger partial charge is 0.272 e. The van der Waals surface area contributed by atoms with E-state index in [2.05, 4.69) is 10.4 Å². The fourth-order valence-corrected chi connectivity index (χ4v) is 5.29. The predicted molar refractivity (Wildman–Crippen MR) is 112 cm³/mol. The van der Waals surface area contributed by atoms with Gasteiger partial charge in [-0.25, -0.2) is 12.8 Å². The molecule has 156 valence electrons. The first-order chi connectivity index (χ1) is 14.3. The van der Waals surface area contributed by atoms with Gasteiger partial charge in [0.05, 0.1) is 23.2 Å². The second-order valence-electron chi connectivity index (χ2n) is 7.56. The standard InChI is InChI=1S/C22H22FN3O3S/c1-15-6-8-16(9-7-15)21-12-20(25-26(21)18-10-11-30(28,29)14-18)22(27)24-13-17-4-2-3-5-19(17)23/h2-9,12,18H,10-11,13-14H2,1H3,(H,24,27)/t18-/m1/s1. The van der Waals surface area contributed by atoms with Gasteiger partial charge < -0.3 is 5.32 Å². The molecule has 8 heteroatoms. The lowest BCUT2D eigenvalue weighted by Gasteiger charge is -2.13. The van der Waals surface area contributed by atoms with Crippen LogP contribution in [-0.4, -0.2) is 35.6 Å². The lowest BCUT2D eigenvalue weighted by atomic mass is 10.1. The van der Waals surface area contributed by atoms with Crippen LogP contribution in [0.5, 0.6) is 0 Å². The van der Waals surface area contributed by atoms with Crippen LogP contribution in [0, 0.1) is 12.7 Å². The van der Waals surface area contributed by atoms with Crippen molar-refractivity contribution in [3.05, 3.63) is 77.2 Å². The van der Waals surface area contributed by atoms with Crippen molar-refractivity contribution in [3.63, 3.8) is 0 Å².